The predicted molar refractivity (Wildman–Crippen MR) is 120 cm³/mol. The first-order valence-corrected chi connectivity index (χ1v) is 11.8. The van der Waals surface area contributed by atoms with Crippen LogP contribution in [-0.4, -0.2) is 44.5 Å². The molecule has 3 rings (SSSR count). The Hall–Kier alpha value is -2.42. The van der Waals surface area contributed by atoms with Gasteiger partial charge in [0.05, 0.1) is 11.4 Å². The van der Waals surface area contributed by atoms with Crippen molar-refractivity contribution in [3.63, 3.8) is 0 Å². The minimum absolute atomic E-state index is 0.106. The molecular weight excluding hydrogens is 398 g/mol. The third-order valence-electron chi connectivity index (χ3n) is 5.26. The summed E-state index contributed by atoms with van der Waals surface area (Å²) in [7, 11) is -3.72. The molecule has 0 saturated carbocycles. The van der Waals surface area contributed by atoms with E-state index in [1.54, 1.807) is 12.1 Å². The number of nitrogens with one attached hydrogen (secondary N) is 2. The SMILES string of the molecule is CCNC(=NCc1cccc(S(N)(=O)=O)c1)NC1CC(C)N(Cc2ccccc2)C1. The summed E-state index contributed by atoms with van der Waals surface area (Å²) in [5.41, 5.74) is 2.12. The molecular formula is C22H31N5O2S. The molecule has 2 aromatic carbocycles. The molecule has 1 aliphatic rings. The highest BCUT2D eigenvalue weighted by atomic mass is 32.2. The van der Waals surface area contributed by atoms with Crippen LogP contribution in [0.5, 0.6) is 0 Å². The van der Waals surface area contributed by atoms with Crippen molar-refractivity contribution in [3.05, 3.63) is 65.7 Å². The molecule has 1 heterocycles. The number of primary sulfonamides is 1. The molecule has 8 heteroatoms. The summed E-state index contributed by atoms with van der Waals surface area (Å²) in [6.45, 7) is 7.29. The van der Waals surface area contributed by atoms with Gasteiger partial charge < -0.3 is 10.6 Å². The first kappa shape index (κ1) is 22.3. The van der Waals surface area contributed by atoms with Gasteiger partial charge in [0.25, 0.3) is 0 Å². The Morgan fingerprint density at radius 1 is 1.17 bits per heavy atom. The van der Waals surface area contributed by atoms with Crippen LogP contribution in [0.2, 0.25) is 0 Å². The monoisotopic (exact) mass is 429 g/mol. The fraction of sp³-hybridized carbons (Fsp3) is 0.409. The van der Waals surface area contributed by atoms with Crippen LogP contribution >= 0.6 is 0 Å². The largest absolute Gasteiger partial charge is 0.357 e. The third-order valence-corrected chi connectivity index (χ3v) is 6.18. The van der Waals surface area contributed by atoms with Gasteiger partial charge in [0.15, 0.2) is 5.96 Å². The highest BCUT2D eigenvalue weighted by molar-refractivity contribution is 7.89. The molecule has 2 aromatic rings. The van der Waals surface area contributed by atoms with Crippen molar-refractivity contribution < 1.29 is 8.42 Å². The van der Waals surface area contributed by atoms with E-state index in [-0.39, 0.29) is 4.90 Å². The van der Waals surface area contributed by atoms with Crippen LogP contribution < -0.4 is 15.8 Å². The molecule has 162 valence electrons. The number of benzene rings is 2. The van der Waals surface area contributed by atoms with E-state index in [9.17, 15) is 8.42 Å². The molecule has 1 fully saturated rings. The van der Waals surface area contributed by atoms with E-state index >= 15 is 0 Å². The Morgan fingerprint density at radius 3 is 2.60 bits per heavy atom. The number of aliphatic imine (C=N–C) groups is 1. The molecule has 0 bridgehead atoms. The molecule has 0 aliphatic carbocycles. The third kappa shape index (κ3) is 6.29. The van der Waals surface area contributed by atoms with Gasteiger partial charge in [-0.1, -0.05) is 42.5 Å². The smallest absolute Gasteiger partial charge is 0.238 e. The Bertz CT molecular complexity index is 963. The lowest BCUT2D eigenvalue weighted by atomic mass is 10.2. The maximum Gasteiger partial charge on any atom is 0.238 e. The zero-order valence-electron chi connectivity index (χ0n) is 17.6. The lowest BCUT2D eigenvalue weighted by molar-refractivity contribution is 0.258. The number of guanidine groups is 1. The molecule has 4 N–H and O–H groups in total. The molecule has 0 amide bonds. The Morgan fingerprint density at radius 2 is 1.90 bits per heavy atom. The zero-order valence-corrected chi connectivity index (χ0v) is 18.4. The van der Waals surface area contributed by atoms with Crippen LogP contribution in [0.15, 0.2) is 64.5 Å². The molecule has 7 nitrogen and oxygen atoms in total. The van der Waals surface area contributed by atoms with Crippen molar-refractivity contribution in [1.82, 2.24) is 15.5 Å². The average Bonchev–Trinajstić information content (AvgIpc) is 3.05. The lowest BCUT2D eigenvalue weighted by Gasteiger charge is -2.21. The van der Waals surface area contributed by atoms with E-state index in [1.807, 2.05) is 19.1 Å². The standard InChI is InChI=1S/C22H31N5O2S/c1-3-24-22(25-14-19-10-7-11-21(13-19)30(23,28)29)26-20-12-17(2)27(16-20)15-18-8-5-4-6-9-18/h4-11,13,17,20H,3,12,14-16H2,1-2H3,(H2,23,28,29)(H2,24,25,26). The minimum atomic E-state index is -3.72. The second-order valence-electron chi connectivity index (χ2n) is 7.73. The fourth-order valence-corrected chi connectivity index (χ4v) is 4.33. The van der Waals surface area contributed by atoms with E-state index in [1.165, 1.54) is 11.6 Å². The summed E-state index contributed by atoms with van der Waals surface area (Å²) in [6, 6.07) is 17.9. The number of likely N-dealkylation sites (tertiary alicyclic amines) is 1. The minimum Gasteiger partial charge on any atom is -0.357 e. The van der Waals surface area contributed by atoms with Crippen molar-refractivity contribution in [3.8, 4) is 0 Å². The van der Waals surface area contributed by atoms with Crippen LogP contribution in [0, 0.1) is 0 Å². The number of sulfonamides is 1. The van der Waals surface area contributed by atoms with Crippen molar-refractivity contribution in [1.29, 1.82) is 0 Å². The molecule has 2 atom stereocenters. The number of nitrogens with zero attached hydrogens (tertiary/aromatic N) is 2. The summed E-state index contributed by atoms with van der Waals surface area (Å²) >= 11 is 0. The summed E-state index contributed by atoms with van der Waals surface area (Å²) in [4.78, 5) is 7.23. The number of rotatable bonds is 7. The van der Waals surface area contributed by atoms with Crippen molar-refractivity contribution >= 4 is 16.0 Å². The highest BCUT2D eigenvalue weighted by Crippen LogP contribution is 2.20. The normalized spacial score (nSPS) is 20.3. The quantitative estimate of drug-likeness (QED) is 0.462. The molecule has 0 spiro atoms. The van der Waals surface area contributed by atoms with Crippen LogP contribution in [-0.2, 0) is 23.1 Å². The lowest BCUT2D eigenvalue weighted by Crippen LogP contribution is -2.44. The van der Waals surface area contributed by atoms with E-state index in [4.69, 9.17) is 5.14 Å². The second kappa shape index (κ2) is 10.1. The summed E-state index contributed by atoms with van der Waals surface area (Å²) in [5, 5.41) is 12.0. The van der Waals surface area contributed by atoms with Gasteiger partial charge in [0.1, 0.15) is 0 Å². The van der Waals surface area contributed by atoms with E-state index in [2.05, 4.69) is 51.7 Å². The van der Waals surface area contributed by atoms with Gasteiger partial charge in [-0.05, 0) is 43.5 Å². The van der Waals surface area contributed by atoms with Crippen LogP contribution in [0.1, 0.15) is 31.4 Å². The van der Waals surface area contributed by atoms with Gasteiger partial charge >= 0.3 is 0 Å². The Kier molecular flexibility index (Phi) is 7.47. The maximum atomic E-state index is 11.6. The number of hydrogen-bond donors (Lipinski definition) is 3. The average molecular weight is 430 g/mol. The molecule has 0 aromatic heterocycles. The van der Waals surface area contributed by atoms with E-state index in [0.717, 1.165) is 37.6 Å². The molecule has 2 unspecified atom stereocenters. The van der Waals surface area contributed by atoms with Crippen molar-refractivity contribution in [2.75, 3.05) is 13.1 Å². The van der Waals surface area contributed by atoms with Crippen molar-refractivity contribution in [2.45, 2.75) is 50.3 Å². The molecule has 30 heavy (non-hydrogen) atoms. The Balaban J connectivity index is 1.63. The second-order valence-corrected chi connectivity index (χ2v) is 9.29. The van der Waals surface area contributed by atoms with Gasteiger partial charge in [0, 0.05) is 31.7 Å². The number of hydrogen-bond acceptors (Lipinski definition) is 4. The van der Waals surface area contributed by atoms with Crippen molar-refractivity contribution in [2.24, 2.45) is 10.1 Å². The molecule has 1 saturated heterocycles. The molecule has 1 aliphatic heterocycles. The summed E-state index contributed by atoms with van der Waals surface area (Å²) in [5.74, 6) is 0.734. The first-order chi connectivity index (χ1) is 14.3. The highest BCUT2D eigenvalue weighted by Gasteiger charge is 2.29. The predicted octanol–water partition coefficient (Wildman–Crippen LogP) is 2.05. The van der Waals surface area contributed by atoms with Crippen LogP contribution in [0.3, 0.4) is 0 Å². The zero-order chi connectivity index (χ0) is 21.6. The van der Waals surface area contributed by atoms with Gasteiger partial charge in [-0.25, -0.2) is 18.5 Å². The maximum absolute atomic E-state index is 11.6. The first-order valence-electron chi connectivity index (χ1n) is 10.3. The molecule has 0 radical (unpaired) electrons. The van der Waals surface area contributed by atoms with Gasteiger partial charge in [-0.3, -0.25) is 4.90 Å². The van der Waals surface area contributed by atoms with Crippen LogP contribution in [0.25, 0.3) is 0 Å². The van der Waals surface area contributed by atoms with Crippen LogP contribution in [0.4, 0.5) is 0 Å². The van der Waals surface area contributed by atoms with Gasteiger partial charge in [-0.15, -0.1) is 0 Å². The van der Waals surface area contributed by atoms with Gasteiger partial charge in [-0.2, -0.15) is 0 Å². The fourth-order valence-electron chi connectivity index (χ4n) is 3.75. The van der Waals surface area contributed by atoms with Gasteiger partial charge in [0.2, 0.25) is 10.0 Å². The Labute approximate surface area is 179 Å². The summed E-state index contributed by atoms with van der Waals surface area (Å²) in [6.07, 6.45) is 1.04. The summed E-state index contributed by atoms with van der Waals surface area (Å²) < 4.78 is 23.1. The van der Waals surface area contributed by atoms with E-state index < -0.39 is 10.0 Å². The topological polar surface area (TPSA) is 99.8 Å². The van der Waals surface area contributed by atoms with E-state index in [0.29, 0.717) is 18.6 Å². The number of nitrogens with two attached hydrogens (primary N) is 1.